The van der Waals surface area contributed by atoms with Crippen LogP contribution in [0.15, 0.2) is 48.6 Å². The number of rotatable bonds is 64. The third-order valence-corrected chi connectivity index (χ3v) is 15.8. The average molecular weight is 1080 g/mol. The minimum atomic E-state index is -0.847. The number of esters is 1. The number of carbonyl (C=O) groups excluding carboxylic acids is 2. The number of hydrogen-bond acceptors (Lipinski definition) is 5. The molecule has 2 atom stereocenters. The second-order valence-electron chi connectivity index (χ2n) is 23.5. The number of ether oxygens (including phenoxy) is 1. The number of amides is 1. The van der Waals surface area contributed by atoms with Crippen LogP contribution in [0.25, 0.3) is 0 Å². The Morgan fingerprint density at radius 3 is 1.00 bits per heavy atom. The van der Waals surface area contributed by atoms with E-state index in [1.807, 2.05) is 6.08 Å². The molecule has 0 aliphatic heterocycles. The van der Waals surface area contributed by atoms with E-state index in [9.17, 15) is 19.8 Å². The summed E-state index contributed by atoms with van der Waals surface area (Å²) in [6, 6.07) is -0.631. The highest BCUT2D eigenvalue weighted by Crippen LogP contribution is 2.17. The number of aliphatic hydroxyl groups excluding tert-OH is 2. The standard InChI is InChI=1S/C71H133NO5/c1-3-5-7-9-11-13-15-17-19-20-33-37-41-45-49-53-57-61-65-71(76)77-66-62-58-54-50-46-42-38-34-31-29-27-25-23-21-22-24-26-28-30-32-36-40-44-48-52-56-60-64-70(75)72-68(67-73)69(74)63-59-55-51-47-43-39-35-18-16-14-12-10-8-6-4-2/h19-22,25,27,59,63,68-69,73-74H,3-18,23-24,26,28-58,60-62,64-67H2,1-2H3,(H,72,75)/b20-19-,22-21-,27-25-,63-59+. The second kappa shape index (κ2) is 66.3. The van der Waals surface area contributed by atoms with Crippen molar-refractivity contribution in [2.45, 2.75) is 379 Å². The Kier molecular flexibility index (Phi) is 64.5. The Balaban J connectivity index is 3.43. The Bertz CT molecular complexity index is 1290. The van der Waals surface area contributed by atoms with E-state index in [0.717, 1.165) is 51.4 Å². The van der Waals surface area contributed by atoms with Crippen LogP contribution in [0.1, 0.15) is 367 Å². The third kappa shape index (κ3) is 62.9. The van der Waals surface area contributed by atoms with Crippen molar-refractivity contribution in [1.82, 2.24) is 5.32 Å². The van der Waals surface area contributed by atoms with Gasteiger partial charge in [-0.3, -0.25) is 9.59 Å². The normalized spacial score (nSPS) is 12.8. The maximum Gasteiger partial charge on any atom is 0.305 e. The Morgan fingerprint density at radius 2 is 0.649 bits per heavy atom. The molecule has 0 aromatic rings. The summed E-state index contributed by atoms with van der Waals surface area (Å²) in [6.07, 6.45) is 86.1. The monoisotopic (exact) mass is 1080 g/mol. The number of unbranched alkanes of at least 4 members (excludes halogenated alkanes) is 47. The second-order valence-corrected chi connectivity index (χ2v) is 23.5. The fraction of sp³-hybridized carbons (Fsp3) is 0.859. The maximum atomic E-state index is 12.5. The van der Waals surface area contributed by atoms with Gasteiger partial charge in [-0.25, -0.2) is 0 Å². The van der Waals surface area contributed by atoms with E-state index >= 15 is 0 Å². The molecule has 6 nitrogen and oxygen atoms in total. The molecular weight excluding hydrogens is 947 g/mol. The first-order valence-electron chi connectivity index (χ1n) is 34.4. The van der Waals surface area contributed by atoms with Crippen molar-refractivity contribution in [3.63, 3.8) is 0 Å². The van der Waals surface area contributed by atoms with Crippen molar-refractivity contribution < 1.29 is 24.5 Å². The molecule has 0 rings (SSSR count). The summed E-state index contributed by atoms with van der Waals surface area (Å²) in [5.74, 6) is -0.0625. The Hall–Kier alpha value is -2.18. The molecule has 0 radical (unpaired) electrons. The minimum absolute atomic E-state index is 0.00742. The number of nitrogens with one attached hydrogen (secondary N) is 1. The van der Waals surface area contributed by atoms with E-state index in [0.29, 0.717) is 19.4 Å². The molecule has 6 heteroatoms. The molecule has 452 valence electrons. The van der Waals surface area contributed by atoms with Crippen molar-refractivity contribution in [1.29, 1.82) is 0 Å². The SMILES string of the molecule is CCCCCCCCC/C=C\CCCCCCCCCC(=O)OCCCCCCCCCCC/C=C\C/C=C\CCCCCCCCCCCCCC(=O)NC(CO)C(O)/C=C/CCCCCCCCCCCCCCC. The zero-order valence-electron chi connectivity index (χ0n) is 51.7. The van der Waals surface area contributed by atoms with Crippen molar-refractivity contribution in [3.8, 4) is 0 Å². The van der Waals surface area contributed by atoms with Gasteiger partial charge in [0.1, 0.15) is 0 Å². The highest BCUT2D eigenvalue weighted by Gasteiger charge is 2.18. The predicted molar refractivity (Wildman–Crippen MR) is 338 cm³/mol. The lowest BCUT2D eigenvalue weighted by Crippen LogP contribution is -2.45. The molecule has 77 heavy (non-hydrogen) atoms. The summed E-state index contributed by atoms with van der Waals surface area (Å²) in [6.45, 7) is 4.91. The van der Waals surface area contributed by atoms with Gasteiger partial charge in [0.2, 0.25) is 5.91 Å². The van der Waals surface area contributed by atoms with Crippen LogP contribution in [0.3, 0.4) is 0 Å². The van der Waals surface area contributed by atoms with E-state index in [4.69, 9.17) is 4.74 Å². The molecule has 0 spiro atoms. The topological polar surface area (TPSA) is 95.9 Å². The fourth-order valence-electron chi connectivity index (χ4n) is 10.5. The molecule has 0 bridgehead atoms. The van der Waals surface area contributed by atoms with Crippen LogP contribution in [-0.2, 0) is 14.3 Å². The van der Waals surface area contributed by atoms with Gasteiger partial charge in [0.05, 0.1) is 25.4 Å². The number of carbonyl (C=O) groups is 2. The van der Waals surface area contributed by atoms with Crippen molar-refractivity contribution in [2.75, 3.05) is 13.2 Å². The first-order valence-corrected chi connectivity index (χ1v) is 34.4. The smallest absolute Gasteiger partial charge is 0.305 e. The van der Waals surface area contributed by atoms with Gasteiger partial charge in [0, 0.05) is 12.8 Å². The van der Waals surface area contributed by atoms with Crippen molar-refractivity contribution >= 4 is 11.9 Å². The zero-order valence-corrected chi connectivity index (χ0v) is 51.7. The van der Waals surface area contributed by atoms with Crippen LogP contribution >= 0.6 is 0 Å². The molecule has 0 saturated heterocycles. The van der Waals surface area contributed by atoms with Crippen molar-refractivity contribution in [3.05, 3.63) is 48.6 Å². The Labute approximate surface area is 480 Å². The molecule has 0 saturated carbocycles. The Morgan fingerprint density at radius 1 is 0.364 bits per heavy atom. The van der Waals surface area contributed by atoms with Crippen LogP contribution < -0.4 is 5.32 Å². The fourth-order valence-corrected chi connectivity index (χ4v) is 10.5. The van der Waals surface area contributed by atoms with Crippen LogP contribution in [0.5, 0.6) is 0 Å². The molecule has 0 fully saturated rings. The number of allylic oxidation sites excluding steroid dienone is 7. The van der Waals surface area contributed by atoms with Crippen LogP contribution in [-0.4, -0.2) is 47.4 Å². The summed E-state index contributed by atoms with van der Waals surface area (Å²) in [5, 5.41) is 23.1. The van der Waals surface area contributed by atoms with E-state index in [-0.39, 0.29) is 18.5 Å². The molecule has 0 aromatic heterocycles. The molecule has 0 heterocycles. The van der Waals surface area contributed by atoms with Gasteiger partial charge >= 0.3 is 5.97 Å². The summed E-state index contributed by atoms with van der Waals surface area (Å²) in [5.41, 5.74) is 0. The van der Waals surface area contributed by atoms with E-state index < -0.39 is 12.1 Å². The molecule has 2 unspecified atom stereocenters. The maximum absolute atomic E-state index is 12.5. The third-order valence-electron chi connectivity index (χ3n) is 15.8. The molecule has 1 amide bonds. The van der Waals surface area contributed by atoms with E-state index in [1.165, 1.54) is 289 Å². The van der Waals surface area contributed by atoms with E-state index in [2.05, 4.69) is 55.6 Å². The first kappa shape index (κ1) is 74.8. The lowest BCUT2D eigenvalue weighted by atomic mass is 10.0. The molecule has 0 aromatic carbocycles. The number of aliphatic hydroxyl groups is 2. The summed E-state index contributed by atoms with van der Waals surface area (Å²) in [4.78, 5) is 24.6. The lowest BCUT2D eigenvalue weighted by Gasteiger charge is -2.20. The van der Waals surface area contributed by atoms with Crippen LogP contribution in [0.2, 0.25) is 0 Å². The summed E-state index contributed by atoms with van der Waals surface area (Å²) in [7, 11) is 0. The van der Waals surface area contributed by atoms with Gasteiger partial charge < -0.3 is 20.3 Å². The zero-order chi connectivity index (χ0) is 55.7. The highest BCUT2D eigenvalue weighted by molar-refractivity contribution is 5.76. The lowest BCUT2D eigenvalue weighted by molar-refractivity contribution is -0.143. The van der Waals surface area contributed by atoms with Crippen molar-refractivity contribution in [2.24, 2.45) is 0 Å². The van der Waals surface area contributed by atoms with Gasteiger partial charge in [0.15, 0.2) is 0 Å². The number of hydrogen-bond donors (Lipinski definition) is 3. The summed E-state index contributed by atoms with van der Waals surface area (Å²) < 4.78 is 5.50. The van der Waals surface area contributed by atoms with Gasteiger partial charge in [-0.1, -0.05) is 313 Å². The average Bonchev–Trinajstić information content (AvgIpc) is 3.43. The van der Waals surface area contributed by atoms with Crippen LogP contribution in [0.4, 0.5) is 0 Å². The minimum Gasteiger partial charge on any atom is -0.466 e. The largest absolute Gasteiger partial charge is 0.466 e. The molecular formula is C71H133NO5. The van der Waals surface area contributed by atoms with Gasteiger partial charge in [-0.15, -0.1) is 0 Å². The molecule has 3 N–H and O–H groups in total. The van der Waals surface area contributed by atoms with Crippen LogP contribution in [0, 0.1) is 0 Å². The van der Waals surface area contributed by atoms with E-state index in [1.54, 1.807) is 6.08 Å². The van der Waals surface area contributed by atoms with Gasteiger partial charge in [-0.05, 0) is 89.9 Å². The summed E-state index contributed by atoms with van der Waals surface area (Å²) >= 11 is 0. The molecule has 0 aliphatic carbocycles. The van der Waals surface area contributed by atoms with Gasteiger partial charge in [0.25, 0.3) is 0 Å². The molecule has 0 aliphatic rings. The highest BCUT2D eigenvalue weighted by atomic mass is 16.5. The first-order chi connectivity index (χ1) is 38.0. The predicted octanol–water partition coefficient (Wildman–Crippen LogP) is 22.1. The van der Waals surface area contributed by atoms with Gasteiger partial charge in [-0.2, -0.15) is 0 Å². The quantitative estimate of drug-likeness (QED) is 0.0320.